The van der Waals surface area contributed by atoms with Crippen molar-refractivity contribution in [2.24, 2.45) is 0 Å². The number of aliphatic hydroxyl groups excluding tert-OH is 1. The Morgan fingerprint density at radius 3 is 2.09 bits per heavy atom. The lowest BCUT2D eigenvalue weighted by atomic mass is 9.87. The smallest absolute Gasteiger partial charge is 0.129 e. The Kier molecular flexibility index (Phi) is 6.39. The standard InChI is InChI=1S/C17H19NO.H6OSi2/c19-14-17(15-8-3-1-4-9-15)12-7-13-18(17)16-10-5-2-6-11-16;2-1-3/h1-6,8-11,19H,7,12-14H2;2-3H3. The molecule has 0 spiro atoms. The molecule has 1 aliphatic heterocycles. The second kappa shape index (κ2) is 8.29. The molecular formula is C17H25NO2Si2. The predicted molar refractivity (Wildman–Crippen MR) is 99.2 cm³/mol. The third-order valence-corrected chi connectivity index (χ3v) is 4.13. The van der Waals surface area contributed by atoms with Gasteiger partial charge in [0, 0.05) is 12.2 Å². The second-order valence-corrected chi connectivity index (χ2v) is 8.82. The quantitative estimate of drug-likeness (QED) is 0.842. The summed E-state index contributed by atoms with van der Waals surface area (Å²) in [7, 11) is 1.86. The zero-order valence-electron chi connectivity index (χ0n) is 13.4. The summed E-state index contributed by atoms with van der Waals surface area (Å²) in [6, 6.07) is 20.8. The van der Waals surface area contributed by atoms with E-state index < -0.39 is 0 Å². The third-order valence-electron chi connectivity index (χ3n) is 4.13. The first-order valence-corrected chi connectivity index (χ1v) is 9.31. The highest BCUT2D eigenvalue weighted by Gasteiger charge is 2.41. The maximum absolute atomic E-state index is 10.1. The van der Waals surface area contributed by atoms with Crippen molar-refractivity contribution in [2.45, 2.75) is 18.4 Å². The van der Waals surface area contributed by atoms with Gasteiger partial charge in [-0.3, -0.25) is 0 Å². The van der Waals surface area contributed by atoms with Gasteiger partial charge in [0.15, 0.2) is 0 Å². The highest BCUT2D eigenvalue weighted by molar-refractivity contribution is 6.15. The Balaban J connectivity index is 0.000000545. The zero-order valence-corrected chi connectivity index (χ0v) is 17.4. The molecule has 1 heterocycles. The van der Waals surface area contributed by atoms with Crippen LogP contribution in [0.3, 0.4) is 0 Å². The van der Waals surface area contributed by atoms with E-state index >= 15 is 0 Å². The van der Waals surface area contributed by atoms with Gasteiger partial charge in [0.1, 0.15) is 21.0 Å². The number of hydrogen-bond acceptors (Lipinski definition) is 3. The molecule has 3 nitrogen and oxygen atoms in total. The zero-order chi connectivity index (χ0) is 15.8. The number of hydrogen-bond donors (Lipinski definition) is 1. The van der Waals surface area contributed by atoms with Gasteiger partial charge in [0.25, 0.3) is 0 Å². The first kappa shape index (κ1) is 17.0. The van der Waals surface area contributed by atoms with Crippen molar-refractivity contribution < 1.29 is 9.22 Å². The van der Waals surface area contributed by atoms with Crippen molar-refractivity contribution in [3.05, 3.63) is 66.2 Å². The average Bonchev–Trinajstić information content (AvgIpc) is 3.02. The summed E-state index contributed by atoms with van der Waals surface area (Å²) < 4.78 is 4.53. The summed E-state index contributed by atoms with van der Waals surface area (Å²) in [4.78, 5) is 2.35. The molecule has 0 bridgehead atoms. The molecule has 1 atom stereocenters. The summed E-state index contributed by atoms with van der Waals surface area (Å²) in [6.07, 6.45) is 2.12. The average molecular weight is 332 g/mol. The molecule has 0 saturated carbocycles. The molecule has 2 aromatic rings. The van der Waals surface area contributed by atoms with Gasteiger partial charge in [-0.2, -0.15) is 0 Å². The summed E-state index contributed by atoms with van der Waals surface area (Å²) in [5.41, 5.74) is 2.14. The summed E-state index contributed by atoms with van der Waals surface area (Å²) in [5.74, 6) is 0. The second-order valence-electron chi connectivity index (χ2n) is 5.55. The molecule has 2 aromatic carbocycles. The molecule has 0 aromatic heterocycles. The molecule has 0 radical (unpaired) electrons. The van der Waals surface area contributed by atoms with Crippen LogP contribution < -0.4 is 4.90 Å². The minimum atomic E-state index is -0.261. The van der Waals surface area contributed by atoms with E-state index in [4.69, 9.17) is 0 Å². The van der Waals surface area contributed by atoms with Crippen molar-refractivity contribution in [3.8, 4) is 0 Å². The Morgan fingerprint density at radius 2 is 1.55 bits per heavy atom. The molecule has 1 saturated heterocycles. The van der Waals surface area contributed by atoms with E-state index in [1.54, 1.807) is 0 Å². The highest BCUT2D eigenvalue weighted by Crippen LogP contribution is 2.41. The molecule has 0 amide bonds. The van der Waals surface area contributed by atoms with Crippen LogP contribution in [0.25, 0.3) is 0 Å². The van der Waals surface area contributed by atoms with E-state index in [1.807, 2.05) is 24.3 Å². The van der Waals surface area contributed by atoms with Crippen LogP contribution in [-0.2, 0) is 9.65 Å². The largest absolute Gasteiger partial charge is 0.471 e. The van der Waals surface area contributed by atoms with Crippen molar-refractivity contribution in [1.82, 2.24) is 0 Å². The summed E-state index contributed by atoms with van der Waals surface area (Å²) >= 11 is 0. The van der Waals surface area contributed by atoms with E-state index in [9.17, 15) is 5.11 Å². The van der Waals surface area contributed by atoms with Crippen LogP contribution in [0.1, 0.15) is 18.4 Å². The summed E-state index contributed by atoms with van der Waals surface area (Å²) in [5, 5.41) is 10.1. The lowest BCUT2D eigenvalue weighted by Gasteiger charge is -2.39. The Morgan fingerprint density at radius 1 is 1.00 bits per heavy atom. The Labute approximate surface area is 139 Å². The normalized spacial score (nSPS) is 20.7. The molecule has 0 aliphatic carbocycles. The van der Waals surface area contributed by atoms with Gasteiger partial charge in [-0.1, -0.05) is 48.5 Å². The maximum atomic E-state index is 10.1. The monoisotopic (exact) mass is 331 g/mol. The lowest BCUT2D eigenvalue weighted by Crippen LogP contribution is -2.44. The maximum Gasteiger partial charge on any atom is 0.129 e. The van der Waals surface area contributed by atoms with Crippen molar-refractivity contribution >= 4 is 26.7 Å². The topological polar surface area (TPSA) is 32.7 Å². The van der Waals surface area contributed by atoms with Crippen molar-refractivity contribution in [1.29, 1.82) is 0 Å². The minimum Gasteiger partial charge on any atom is -0.471 e. The summed E-state index contributed by atoms with van der Waals surface area (Å²) in [6.45, 7) is 1.16. The van der Waals surface area contributed by atoms with Crippen LogP contribution in [0.5, 0.6) is 0 Å². The van der Waals surface area contributed by atoms with Gasteiger partial charge in [-0.05, 0) is 30.5 Å². The van der Waals surface area contributed by atoms with Gasteiger partial charge in [-0.25, -0.2) is 0 Å². The molecule has 1 fully saturated rings. The van der Waals surface area contributed by atoms with E-state index in [0.717, 1.165) is 40.4 Å². The lowest BCUT2D eigenvalue weighted by molar-refractivity contribution is 0.198. The van der Waals surface area contributed by atoms with Crippen molar-refractivity contribution in [2.75, 3.05) is 18.1 Å². The van der Waals surface area contributed by atoms with E-state index in [-0.39, 0.29) is 12.1 Å². The van der Waals surface area contributed by atoms with Gasteiger partial charge in [0.05, 0.1) is 12.1 Å². The number of aliphatic hydroxyl groups is 1. The predicted octanol–water partition coefficient (Wildman–Crippen LogP) is 0.738. The van der Waals surface area contributed by atoms with E-state index in [0.29, 0.717) is 0 Å². The van der Waals surface area contributed by atoms with Gasteiger partial charge < -0.3 is 14.1 Å². The van der Waals surface area contributed by atoms with Crippen molar-refractivity contribution in [3.63, 3.8) is 0 Å². The fraction of sp³-hybridized carbons (Fsp3) is 0.294. The van der Waals surface area contributed by atoms with E-state index in [1.165, 1.54) is 11.3 Å². The molecule has 1 aliphatic rings. The molecule has 1 N–H and O–H groups in total. The number of nitrogens with zero attached hydrogens (tertiary/aromatic N) is 1. The fourth-order valence-electron chi connectivity index (χ4n) is 3.17. The molecule has 3 rings (SSSR count). The Hall–Kier alpha value is -1.41. The molecular weight excluding hydrogens is 306 g/mol. The van der Waals surface area contributed by atoms with Crippen LogP contribution in [0.4, 0.5) is 5.69 Å². The molecule has 5 heteroatoms. The van der Waals surface area contributed by atoms with Crippen LogP contribution in [0, 0.1) is 0 Å². The molecule has 118 valence electrons. The van der Waals surface area contributed by atoms with Gasteiger partial charge in [-0.15, -0.1) is 0 Å². The van der Waals surface area contributed by atoms with Gasteiger partial charge in [0.2, 0.25) is 0 Å². The van der Waals surface area contributed by atoms with E-state index in [2.05, 4.69) is 45.4 Å². The highest BCUT2D eigenvalue weighted by atomic mass is 28.3. The molecule has 1 unspecified atom stereocenters. The first-order chi connectivity index (χ1) is 10.8. The number of para-hydroxylation sites is 1. The van der Waals surface area contributed by atoms with Gasteiger partial charge >= 0.3 is 0 Å². The SMILES string of the molecule is OCC1(c2ccccc2)CCCN1c1ccccc1.[SiH3]O[SiH3]. The third kappa shape index (κ3) is 3.49. The minimum absolute atomic E-state index is 0.159. The van der Waals surface area contributed by atoms with Crippen LogP contribution in [0.15, 0.2) is 60.7 Å². The number of anilines is 1. The Bertz CT molecular complexity index is 553. The molecule has 22 heavy (non-hydrogen) atoms. The first-order valence-electron chi connectivity index (χ1n) is 7.67. The van der Waals surface area contributed by atoms with Crippen LogP contribution in [-0.4, -0.2) is 39.2 Å². The van der Waals surface area contributed by atoms with Crippen LogP contribution >= 0.6 is 0 Å². The number of rotatable bonds is 3. The van der Waals surface area contributed by atoms with Crippen LogP contribution in [0.2, 0.25) is 0 Å². The fourth-order valence-corrected chi connectivity index (χ4v) is 3.17. The number of benzene rings is 2.